The number of benzene rings is 1. The molecule has 0 saturated carbocycles. The number of allylic oxidation sites excluding steroid dienone is 1. The Bertz CT molecular complexity index is 377. The summed E-state index contributed by atoms with van der Waals surface area (Å²) in [5.41, 5.74) is 1.73. The molecule has 0 radical (unpaired) electrons. The molecule has 2 N–H and O–H groups in total. The van der Waals surface area contributed by atoms with E-state index in [2.05, 4.69) is 0 Å². The van der Waals surface area contributed by atoms with Crippen molar-refractivity contribution in [2.75, 3.05) is 6.61 Å². The molecule has 0 aliphatic heterocycles. The van der Waals surface area contributed by atoms with E-state index in [1.165, 1.54) is 6.08 Å². The van der Waals surface area contributed by atoms with Crippen LogP contribution >= 0.6 is 0 Å². The normalized spacial score (nSPS) is 11.5. The first-order valence-electron chi connectivity index (χ1n) is 5.25. The van der Waals surface area contributed by atoms with Crippen LogP contribution in [0.3, 0.4) is 0 Å². The molecule has 86 valence electrons. The molecule has 1 aromatic carbocycles. The van der Waals surface area contributed by atoms with Gasteiger partial charge in [-0.3, -0.25) is 4.79 Å². The minimum atomic E-state index is -0.174. The van der Waals surface area contributed by atoms with Crippen LogP contribution in [0.2, 0.25) is 0 Å². The van der Waals surface area contributed by atoms with E-state index >= 15 is 0 Å². The van der Waals surface area contributed by atoms with Crippen molar-refractivity contribution >= 4 is 11.5 Å². The van der Waals surface area contributed by atoms with Gasteiger partial charge in [-0.25, -0.2) is 0 Å². The molecule has 0 fully saturated rings. The Balaban J connectivity index is 2.69. The summed E-state index contributed by atoms with van der Waals surface area (Å²) in [6.07, 6.45) is 1.89. The topological polar surface area (TPSA) is 57.5 Å². The largest absolute Gasteiger partial charge is 0.507 e. The Hall–Kier alpha value is -1.61. The van der Waals surface area contributed by atoms with E-state index in [9.17, 15) is 9.90 Å². The highest BCUT2D eigenvalue weighted by molar-refractivity contribution is 5.95. The van der Waals surface area contributed by atoms with Crippen LogP contribution in [0.4, 0.5) is 0 Å². The van der Waals surface area contributed by atoms with Crippen molar-refractivity contribution in [1.82, 2.24) is 0 Å². The van der Waals surface area contributed by atoms with Crippen LogP contribution in [0.5, 0.6) is 0 Å². The van der Waals surface area contributed by atoms with Crippen molar-refractivity contribution in [3.63, 3.8) is 0 Å². The third-order valence-corrected chi connectivity index (χ3v) is 2.23. The number of aliphatic hydroxyl groups excluding tert-OH is 2. The SMILES string of the molecule is Cc1ccc(/C(O)=C/C(=O)CCCO)cc1. The molecule has 3 nitrogen and oxygen atoms in total. The zero-order valence-electron chi connectivity index (χ0n) is 9.31. The summed E-state index contributed by atoms with van der Waals surface area (Å²) in [4.78, 5) is 11.3. The molecule has 0 saturated heterocycles. The summed E-state index contributed by atoms with van der Waals surface area (Å²) in [6.45, 7) is 1.95. The van der Waals surface area contributed by atoms with E-state index in [4.69, 9.17) is 5.11 Å². The number of carbonyl (C=O) groups is 1. The molecule has 0 aromatic heterocycles. The van der Waals surface area contributed by atoms with Crippen LogP contribution in [-0.4, -0.2) is 22.6 Å². The minimum absolute atomic E-state index is 0.00905. The van der Waals surface area contributed by atoms with E-state index in [0.717, 1.165) is 5.56 Å². The van der Waals surface area contributed by atoms with Crippen LogP contribution in [0.15, 0.2) is 30.3 Å². The molecule has 16 heavy (non-hydrogen) atoms. The van der Waals surface area contributed by atoms with Gasteiger partial charge in [-0.1, -0.05) is 29.8 Å². The van der Waals surface area contributed by atoms with Gasteiger partial charge < -0.3 is 10.2 Å². The molecule has 0 atom stereocenters. The first-order chi connectivity index (χ1) is 7.63. The van der Waals surface area contributed by atoms with Crippen LogP contribution in [0.1, 0.15) is 24.0 Å². The summed E-state index contributed by atoms with van der Waals surface area (Å²) < 4.78 is 0. The molecule has 1 aromatic rings. The molecule has 1 rings (SSSR count). The number of hydrogen-bond acceptors (Lipinski definition) is 3. The lowest BCUT2D eigenvalue weighted by atomic mass is 10.1. The van der Waals surface area contributed by atoms with Crippen LogP contribution in [0, 0.1) is 6.92 Å². The fourth-order valence-corrected chi connectivity index (χ4v) is 1.29. The van der Waals surface area contributed by atoms with E-state index in [-0.39, 0.29) is 24.6 Å². The number of hydrogen-bond donors (Lipinski definition) is 2. The second kappa shape index (κ2) is 6.08. The maximum absolute atomic E-state index is 11.3. The highest BCUT2D eigenvalue weighted by Gasteiger charge is 2.02. The average molecular weight is 220 g/mol. The molecule has 0 aliphatic carbocycles. The lowest BCUT2D eigenvalue weighted by molar-refractivity contribution is -0.114. The molecule has 0 heterocycles. The Labute approximate surface area is 95.0 Å². The molecular formula is C13H16O3. The van der Waals surface area contributed by atoms with Gasteiger partial charge in [0.2, 0.25) is 0 Å². The van der Waals surface area contributed by atoms with E-state index in [1.807, 2.05) is 19.1 Å². The van der Waals surface area contributed by atoms with Crippen molar-refractivity contribution in [2.24, 2.45) is 0 Å². The Morgan fingerprint density at radius 3 is 2.50 bits per heavy atom. The lowest BCUT2D eigenvalue weighted by Gasteiger charge is -2.00. The third-order valence-electron chi connectivity index (χ3n) is 2.23. The summed E-state index contributed by atoms with van der Waals surface area (Å²) in [7, 11) is 0. The van der Waals surface area contributed by atoms with Gasteiger partial charge in [0.05, 0.1) is 0 Å². The smallest absolute Gasteiger partial charge is 0.159 e. The van der Waals surface area contributed by atoms with E-state index in [1.54, 1.807) is 12.1 Å². The lowest BCUT2D eigenvalue weighted by Crippen LogP contribution is -1.97. The van der Waals surface area contributed by atoms with Crippen molar-refractivity contribution in [3.05, 3.63) is 41.5 Å². The van der Waals surface area contributed by atoms with Crippen molar-refractivity contribution in [1.29, 1.82) is 0 Å². The molecule has 0 amide bonds. The van der Waals surface area contributed by atoms with E-state index < -0.39 is 0 Å². The van der Waals surface area contributed by atoms with Gasteiger partial charge in [-0.2, -0.15) is 0 Å². The minimum Gasteiger partial charge on any atom is -0.507 e. The van der Waals surface area contributed by atoms with Crippen LogP contribution < -0.4 is 0 Å². The highest BCUT2D eigenvalue weighted by atomic mass is 16.3. The van der Waals surface area contributed by atoms with Crippen LogP contribution in [-0.2, 0) is 4.79 Å². The summed E-state index contributed by atoms with van der Waals surface area (Å²) >= 11 is 0. The van der Waals surface area contributed by atoms with E-state index in [0.29, 0.717) is 12.0 Å². The third kappa shape index (κ3) is 3.87. The molecule has 3 heteroatoms. The zero-order valence-corrected chi connectivity index (χ0v) is 9.31. The summed E-state index contributed by atoms with van der Waals surface area (Å²) in [5.74, 6) is -0.199. The Morgan fingerprint density at radius 2 is 1.94 bits per heavy atom. The number of carbonyl (C=O) groups excluding carboxylic acids is 1. The summed E-state index contributed by atoms with van der Waals surface area (Å²) in [5, 5.41) is 18.2. The highest BCUT2D eigenvalue weighted by Crippen LogP contribution is 2.12. The maximum atomic E-state index is 11.3. The fraction of sp³-hybridized carbons (Fsp3) is 0.308. The first kappa shape index (κ1) is 12.5. The van der Waals surface area contributed by atoms with Crippen molar-refractivity contribution in [2.45, 2.75) is 19.8 Å². The van der Waals surface area contributed by atoms with Gasteiger partial charge >= 0.3 is 0 Å². The first-order valence-corrected chi connectivity index (χ1v) is 5.25. The van der Waals surface area contributed by atoms with Gasteiger partial charge in [-0.15, -0.1) is 0 Å². The Kier molecular flexibility index (Phi) is 4.73. The van der Waals surface area contributed by atoms with Crippen molar-refractivity contribution in [3.8, 4) is 0 Å². The molecule has 0 spiro atoms. The average Bonchev–Trinajstić information content (AvgIpc) is 2.27. The maximum Gasteiger partial charge on any atom is 0.159 e. The van der Waals surface area contributed by atoms with Gasteiger partial charge in [0.1, 0.15) is 5.76 Å². The standard InChI is InChI=1S/C13H16O3/c1-10-4-6-11(7-5-10)13(16)9-12(15)3-2-8-14/h4-7,9,14,16H,2-3,8H2,1H3/b13-9-. The fourth-order valence-electron chi connectivity index (χ4n) is 1.29. The molecule has 0 bridgehead atoms. The van der Waals surface area contributed by atoms with Gasteiger partial charge in [0.15, 0.2) is 5.78 Å². The number of rotatable bonds is 5. The second-order valence-corrected chi connectivity index (χ2v) is 3.69. The number of aliphatic hydroxyl groups is 2. The van der Waals surface area contributed by atoms with Crippen molar-refractivity contribution < 1.29 is 15.0 Å². The second-order valence-electron chi connectivity index (χ2n) is 3.69. The predicted octanol–water partition coefficient (Wildman–Crippen LogP) is 2.24. The quantitative estimate of drug-likeness (QED) is 0.591. The van der Waals surface area contributed by atoms with Gasteiger partial charge in [0.25, 0.3) is 0 Å². The predicted molar refractivity (Wildman–Crippen MR) is 63.1 cm³/mol. The summed E-state index contributed by atoms with van der Waals surface area (Å²) in [6, 6.07) is 7.27. The molecule has 0 unspecified atom stereocenters. The molecular weight excluding hydrogens is 204 g/mol. The Morgan fingerprint density at radius 1 is 1.31 bits per heavy atom. The molecule has 0 aliphatic rings. The zero-order chi connectivity index (χ0) is 12.0. The number of aryl methyl sites for hydroxylation is 1. The van der Waals surface area contributed by atoms with Gasteiger partial charge in [0, 0.05) is 24.7 Å². The monoisotopic (exact) mass is 220 g/mol. The number of ketones is 1. The van der Waals surface area contributed by atoms with Crippen LogP contribution in [0.25, 0.3) is 5.76 Å². The van der Waals surface area contributed by atoms with Gasteiger partial charge in [-0.05, 0) is 13.3 Å².